The molecule has 0 saturated carbocycles. The Hall–Kier alpha value is -2.67. The molecule has 3 aromatic rings. The summed E-state index contributed by atoms with van der Waals surface area (Å²) in [6.07, 6.45) is 3.85. The van der Waals surface area contributed by atoms with Gasteiger partial charge in [0.15, 0.2) is 0 Å². The van der Waals surface area contributed by atoms with Crippen LogP contribution in [0.15, 0.2) is 29.1 Å². The molecule has 0 spiro atoms. The molecule has 28 heavy (non-hydrogen) atoms. The van der Waals surface area contributed by atoms with Crippen LogP contribution in [0.5, 0.6) is 5.75 Å². The number of aromatic amines is 1. The Morgan fingerprint density at radius 3 is 3.04 bits per heavy atom. The van der Waals surface area contributed by atoms with Crippen LogP contribution in [0.4, 0.5) is 0 Å². The monoisotopic (exact) mass is 397 g/mol. The summed E-state index contributed by atoms with van der Waals surface area (Å²) >= 11 is 1.62. The third kappa shape index (κ3) is 3.67. The number of ether oxygens (including phenoxy) is 1. The van der Waals surface area contributed by atoms with E-state index >= 15 is 0 Å². The van der Waals surface area contributed by atoms with Crippen LogP contribution in [0.2, 0.25) is 0 Å². The molecule has 1 aliphatic carbocycles. The van der Waals surface area contributed by atoms with Crippen molar-refractivity contribution < 1.29 is 9.53 Å². The van der Waals surface area contributed by atoms with Crippen LogP contribution in [0.25, 0.3) is 10.2 Å². The van der Waals surface area contributed by atoms with E-state index in [1.54, 1.807) is 30.4 Å². The molecular weight excluding hydrogens is 374 g/mol. The number of fused-ring (bicyclic) bond motifs is 3. The molecule has 1 amide bonds. The Morgan fingerprint density at radius 2 is 2.21 bits per heavy atom. The molecule has 6 nitrogen and oxygen atoms in total. The van der Waals surface area contributed by atoms with Crippen molar-refractivity contribution in [2.75, 3.05) is 14.2 Å². The molecule has 4 rings (SSSR count). The van der Waals surface area contributed by atoms with Gasteiger partial charge in [0.2, 0.25) is 5.91 Å². The van der Waals surface area contributed by atoms with E-state index in [9.17, 15) is 9.59 Å². The van der Waals surface area contributed by atoms with E-state index < -0.39 is 0 Å². The highest BCUT2D eigenvalue weighted by atomic mass is 32.1. The minimum atomic E-state index is -0.0726. The summed E-state index contributed by atoms with van der Waals surface area (Å²) in [6, 6.07) is 7.68. The second-order valence-corrected chi connectivity index (χ2v) is 8.24. The van der Waals surface area contributed by atoms with Gasteiger partial charge in [-0.25, -0.2) is 4.98 Å². The Balaban J connectivity index is 1.42. The van der Waals surface area contributed by atoms with Crippen LogP contribution >= 0.6 is 11.3 Å². The van der Waals surface area contributed by atoms with Crippen LogP contribution in [0.3, 0.4) is 0 Å². The van der Waals surface area contributed by atoms with Crippen molar-refractivity contribution in [2.24, 2.45) is 0 Å². The Bertz CT molecular complexity index is 1090. The van der Waals surface area contributed by atoms with Crippen molar-refractivity contribution in [1.82, 2.24) is 14.9 Å². The zero-order valence-corrected chi connectivity index (χ0v) is 16.9. The number of H-pyrrole nitrogens is 1. The van der Waals surface area contributed by atoms with Crippen molar-refractivity contribution in [3.05, 3.63) is 56.4 Å². The standard InChI is InChI=1S/C21H23N3O3S/c1-24(12-13-5-3-6-14(11-13)27-2)18(25)10-9-17-22-20(26)19-15-7-4-8-16(15)28-21(19)23-17/h3,5-6,11H,4,7-10,12H2,1-2H3,(H,22,23,26). The van der Waals surface area contributed by atoms with Gasteiger partial charge < -0.3 is 14.6 Å². The number of hydrogen-bond donors (Lipinski definition) is 1. The number of nitrogens with zero attached hydrogens (tertiary/aromatic N) is 2. The zero-order chi connectivity index (χ0) is 19.7. The van der Waals surface area contributed by atoms with Crippen LogP contribution in [0.1, 0.15) is 34.7 Å². The van der Waals surface area contributed by atoms with Gasteiger partial charge in [-0.2, -0.15) is 0 Å². The first-order valence-corrected chi connectivity index (χ1v) is 10.3. The summed E-state index contributed by atoms with van der Waals surface area (Å²) in [5.74, 6) is 1.37. The molecule has 1 N–H and O–H groups in total. The first-order chi connectivity index (χ1) is 13.5. The summed E-state index contributed by atoms with van der Waals surface area (Å²) in [5, 5.41) is 0.753. The highest BCUT2D eigenvalue weighted by molar-refractivity contribution is 7.18. The summed E-state index contributed by atoms with van der Waals surface area (Å²) in [5.41, 5.74) is 2.11. The number of rotatable bonds is 6. The molecule has 0 bridgehead atoms. The number of aromatic nitrogens is 2. The maximum atomic E-state index is 12.5. The number of aryl methyl sites for hydroxylation is 3. The fourth-order valence-corrected chi connectivity index (χ4v) is 5.00. The second kappa shape index (κ2) is 7.75. The number of methoxy groups -OCH3 is 1. The normalized spacial score (nSPS) is 12.9. The zero-order valence-electron chi connectivity index (χ0n) is 16.1. The van der Waals surface area contributed by atoms with Crippen LogP contribution < -0.4 is 10.3 Å². The molecule has 0 radical (unpaired) electrons. The number of carbonyl (C=O) groups is 1. The smallest absolute Gasteiger partial charge is 0.259 e. The molecule has 2 heterocycles. The molecule has 0 fully saturated rings. The molecule has 146 valence electrons. The molecule has 7 heteroatoms. The van der Waals surface area contributed by atoms with Gasteiger partial charge in [-0.15, -0.1) is 11.3 Å². The van der Waals surface area contributed by atoms with E-state index in [1.807, 2.05) is 24.3 Å². The van der Waals surface area contributed by atoms with Gasteiger partial charge in [-0.3, -0.25) is 9.59 Å². The third-order valence-corrected chi connectivity index (χ3v) is 6.37. The van der Waals surface area contributed by atoms with Crippen molar-refractivity contribution >= 4 is 27.5 Å². The summed E-state index contributed by atoms with van der Waals surface area (Å²) in [6.45, 7) is 0.511. The predicted octanol–water partition coefficient (Wildman–Crippen LogP) is 3.07. The first-order valence-electron chi connectivity index (χ1n) is 9.45. The molecule has 1 aromatic carbocycles. The molecule has 1 aliphatic rings. The average molecular weight is 398 g/mol. The Morgan fingerprint density at radius 1 is 1.36 bits per heavy atom. The minimum absolute atomic E-state index is 0.0132. The molecular formula is C21H23N3O3S. The lowest BCUT2D eigenvalue weighted by Gasteiger charge is -2.17. The fourth-order valence-electron chi connectivity index (χ4n) is 3.71. The Kier molecular flexibility index (Phi) is 5.17. The van der Waals surface area contributed by atoms with E-state index in [1.165, 1.54) is 10.4 Å². The molecule has 2 aromatic heterocycles. The van der Waals surface area contributed by atoms with Crippen molar-refractivity contribution in [2.45, 2.75) is 38.6 Å². The molecule has 0 atom stereocenters. The lowest BCUT2D eigenvalue weighted by molar-refractivity contribution is -0.130. The average Bonchev–Trinajstić information content (AvgIpc) is 3.26. The number of thiophene rings is 1. The highest BCUT2D eigenvalue weighted by Crippen LogP contribution is 2.34. The highest BCUT2D eigenvalue weighted by Gasteiger charge is 2.21. The number of nitrogens with one attached hydrogen (secondary N) is 1. The number of carbonyl (C=O) groups excluding carboxylic acids is 1. The third-order valence-electron chi connectivity index (χ3n) is 5.18. The topological polar surface area (TPSA) is 75.3 Å². The molecule has 0 saturated heterocycles. The van der Waals surface area contributed by atoms with Gasteiger partial charge in [-0.1, -0.05) is 12.1 Å². The van der Waals surface area contributed by atoms with Gasteiger partial charge in [0, 0.05) is 31.3 Å². The van der Waals surface area contributed by atoms with Crippen molar-refractivity contribution in [3.63, 3.8) is 0 Å². The van der Waals surface area contributed by atoms with Crippen LogP contribution in [0, 0.1) is 0 Å². The van der Waals surface area contributed by atoms with Crippen LogP contribution in [-0.2, 0) is 30.6 Å². The number of amides is 1. The van der Waals surface area contributed by atoms with Gasteiger partial charge in [0.05, 0.1) is 12.5 Å². The largest absolute Gasteiger partial charge is 0.497 e. The van der Waals surface area contributed by atoms with E-state index in [4.69, 9.17) is 4.74 Å². The van der Waals surface area contributed by atoms with Crippen molar-refractivity contribution in [1.29, 1.82) is 0 Å². The number of hydrogen-bond acceptors (Lipinski definition) is 5. The lowest BCUT2D eigenvalue weighted by Crippen LogP contribution is -2.26. The maximum absolute atomic E-state index is 12.5. The quantitative estimate of drug-likeness (QED) is 0.694. The molecule has 0 unspecified atom stereocenters. The Labute approximate surface area is 167 Å². The fraction of sp³-hybridized carbons (Fsp3) is 0.381. The lowest BCUT2D eigenvalue weighted by atomic mass is 10.2. The second-order valence-electron chi connectivity index (χ2n) is 7.15. The van der Waals surface area contributed by atoms with Gasteiger partial charge >= 0.3 is 0 Å². The minimum Gasteiger partial charge on any atom is -0.497 e. The van der Waals surface area contributed by atoms with Gasteiger partial charge in [0.25, 0.3) is 5.56 Å². The van der Waals surface area contributed by atoms with E-state index in [2.05, 4.69) is 9.97 Å². The van der Waals surface area contributed by atoms with E-state index in [0.29, 0.717) is 25.2 Å². The maximum Gasteiger partial charge on any atom is 0.259 e. The summed E-state index contributed by atoms with van der Waals surface area (Å²) in [7, 11) is 3.41. The van der Waals surface area contributed by atoms with E-state index in [0.717, 1.165) is 40.8 Å². The van der Waals surface area contributed by atoms with E-state index in [-0.39, 0.29) is 11.5 Å². The van der Waals surface area contributed by atoms with Crippen molar-refractivity contribution in [3.8, 4) is 5.75 Å². The van der Waals surface area contributed by atoms with Gasteiger partial charge in [0.1, 0.15) is 16.4 Å². The first kappa shape index (κ1) is 18.7. The SMILES string of the molecule is COc1cccc(CN(C)C(=O)CCc2nc3sc4c(c3c(=O)[nH]2)CCC4)c1. The summed E-state index contributed by atoms with van der Waals surface area (Å²) in [4.78, 5) is 36.3. The predicted molar refractivity (Wildman–Crippen MR) is 110 cm³/mol. The van der Waals surface area contributed by atoms with Crippen LogP contribution in [-0.4, -0.2) is 34.9 Å². The summed E-state index contributed by atoms with van der Waals surface area (Å²) < 4.78 is 5.23. The number of benzene rings is 1. The molecule has 0 aliphatic heterocycles. The van der Waals surface area contributed by atoms with Gasteiger partial charge in [-0.05, 0) is 42.5 Å².